The standard InChI is InChI=1S/C17H37NSi/c1-6-11-15-18(14-9-4)19(10-5,16-12-7-2)17-13-8-3/h10H,5-9,11-17H2,1-4H3. The third-order valence-electron chi connectivity index (χ3n) is 4.21. The predicted molar refractivity (Wildman–Crippen MR) is 92.2 cm³/mol. The minimum atomic E-state index is -1.40. The molecule has 0 atom stereocenters. The van der Waals surface area contributed by atoms with E-state index in [0.717, 1.165) is 0 Å². The zero-order valence-corrected chi connectivity index (χ0v) is 15.0. The molecule has 0 aromatic heterocycles. The minimum Gasteiger partial charge on any atom is -0.320 e. The first-order valence-corrected chi connectivity index (χ1v) is 11.0. The van der Waals surface area contributed by atoms with Gasteiger partial charge in [0.25, 0.3) is 0 Å². The quantitative estimate of drug-likeness (QED) is 0.388. The number of hydrogen-bond acceptors (Lipinski definition) is 1. The van der Waals surface area contributed by atoms with Crippen molar-refractivity contribution in [2.75, 3.05) is 13.1 Å². The second kappa shape index (κ2) is 11.7. The van der Waals surface area contributed by atoms with Crippen molar-refractivity contribution in [3.8, 4) is 0 Å². The lowest BCUT2D eigenvalue weighted by molar-refractivity contribution is 0.403. The summed E-state index contributed by atoms with van der Waals surface area (Å²) in [7, 11) is -1.40. The highest BCUT2D eigenvalue weighted by atomic mass is 28.3. The Labute approximate surface area is 123 Å². The summed E-state index contributed by atoms with van der Waals surface area (Å²) in [6.07, 6.45) is 9.35. The van der Waals surface area contributed by atoms with Crippen LogP contribution >= 0.6 is 0 Å². The van der Waals surface area contributed by atoms with Crippen LogP contribution in [0.15, 0.2) is 12.3 Å². The van der Waals surface area contributed by atoms with Gasteiger partial charge in [-0.2, -0.15) is 0 Å². The van der Waals surface area contributed by atoms with Crippen molar-refractivity contribution in [3.05, 3.63) is 12.3 Å². The molecule has 0 bridgehead atoms. The Morgan fingerprint density at radius 3 is 1.68 bits per heavy atom. The van der Waals surface area contributed by atoms with Crippen LogP contribution in [-0.2, 0) is 0 Å². The van der Waals surface area contributed by atoms with Crippen LogP contribution in [0.3, 0.4) is 0 Å². The van der Waals surface area contributed by atoms with Crippen LogP contribution in [0.5, 0.6) is 0 Å². The molecule has 0 amide bonds. The molecule has 0 saturated heterocycles. The molecule has 2 heteroatoms. The number of nitrogens with zero attached hydrogens (tertiary/aromatic N) is 1. The van der Waals surface area contributed by atoms with Crippen molar-refractivity contribution in [3.63, 3.8) is 0 Å². The second-order valence-electron chi connectivity index (χ2n) is 5.86. The van der Waals surface area contributed by atoms with Gasteiger partial charge in [-0.3, -0.25) is 0 Å². The molecule has 19 heavy (non-hydrogen) atoms. The fourth-order valence-electron chi connectivity index (χ4n) is 2.92. The zero-order valence-electron chi connectivity index (χ0n) is 14.0. The van der Waals surface area contributed by atoms with Gasteiger partial charge in [0.15, 0.2) is 8.24 Å². The van der Waals surface area contributed by atoms with Gasteiger partial charge in [-0.25, -0.2) is 0 Å². The maximum Gasteiger partial charge on any atom is 0.152 e. The van der Waals surface area contributed by atoms with E-state index >= 15 is 0 Å². The summed E-state index contributed by atoms with van der Waals surface area (Å²) >= 11 is 0. The summed E-state index contributed by atoms with van der Waals surface area (Å²) < 4.78 is 2.87. The van der Waals surface area contributed by atoms with Crippen molar-refractivity contribution < 1.29 is 0 Å². The average molecular weight is 284 g/mol. The largest absolute Gasteiger partial charge is 0.320 e. The first-order chi connectivity index (χ1) is 9.20. The Balaban J connectivity index is 4.90. The molecule has 0 saturated carbocycles. The van der Waals surface area contributed by atoms with Crippen molar-refractivity contribution in [2.24, 2.45) is 0 Å². The van der Waals surface area contributed by atoms with Gasteiger partial charge in [-0.15, -0.1) is 6.58 Å². The van der Waals surface area contributed by atoms with Crippen LogP contribution in [0.2, 0.25) is 12.1 Å². The Morgan fingerprint density at radius 1 is 0.789 bits per heavy atom. The molecular weight excluding hydrogens is 246 g/mol. The summed E-state index contributed by atoms with van der Waals surface area (Å²) in [5.74, 6) is 0. The maximum absolute atomic E-state index is 4.27. The van der Waals surface area contributed by atoms with Crippen LogP contribution in [-0.4, -0.2) is 25.9 Å². The minimum absolute atomic E-state index is 1.28. The van der Waals surface area contributed by atoms with E-state index in [2.05, 4.69) is 44.5 Å². The highest BCUT2D eigenvalue weighted by molar-refractivity contribution is 6.81. The molecule has 0 fully saturated rings. The van der Waals surface area contributed by atoms with Crippen LogP contribution < -0.4 is 0 Å². The fourth-order valence-corrected chi connectivity index (χ4v) is 7.67. The first-order valence-electron chi connectivity index (χ1n) is 8.59. The van der Waals surface area contributed by atoms with E-state index < -0.39 is 8.24 Å². The van der Waals surface area contributed by atoms with Gasteiger partial charge >= 0.3 is 0 Å². The molecule has 0 aliphatic rings. The van der Waals surface area contributed by atoms with Crippen molar-refractivity contribution in [2.45, 2.75) is 84.7 Å². The van der Waals surface area contributed by atoms with Crippen molar-refractivity contribution in [1.29, 1.82) is 0 Å². The normalized spacial score (nSPS) is 12.1. The Kier molecular flexibility index (Phi) is 11.7. The van der Waals surface area contributed by atoms with E-state index in [-0.39, 0.29) is 0 Å². The van der Waals surface area contributed by atoms with E-state index in [1.807, 2.05) is 0 Å². The summed E-state index contributed by atoms with van der Waals surface area (Å²) in [5.41, 5.74) is 2.41. The van der Waals surface area contributed by atoms with Gasteiger partial charge in [-0.1, -0.05) is 65.5 Å². The molecule has 0 radical (unpaired) electrons. The molecule has 0 N–H and O–H groups in total. The first kappa shape index (κ1) is 18.9. The lowest BCUT2D eigenvalue weighted by Gasteiger charge is -2.41. The third kappa shape index (κ3) is 6.76. The maximum atomic E-state index is 4.27. The molecule has 0 aromatic carbocycles. The third-order valence-corrected chi connectivity index (χ3v) is 9.12. The molecule has 114 valence electrons. The SMILES string of the molecule is C=C[Si](CCCC)(CCCC)N(CCC)CCCC. The van der Waals surface area contributed by atoms with Gasteiger partial charge in [0.05, 0.1) is 0 Å². The van der Waals surface area contributed by atoms with E-state index in [9.17, 15) is 0 Å². The summed E-state index contributed by atoms with van der Waals surface area (Å²) in [6.45, 7) is 16.1. The van der Waals surface area contributed by atoms with E-state index in [4.69, 9.17) is 0 Å². The molecule has 0 unspecified atom stereocenters. The highest BCUT2D eigenvalue weighted by Crippen LogP contribution is 2.27. The molecule has 0 aliphatic heterocycles. The summed E-state index contributed by atoms with van der Waals surface area (Å²) in [6, 6.07) is 2.85. The van der Waals surface area contributed by atoms with E-state index in [1.54, 1.807) is 0 Å². The molecule has 1 nitrogen and oxygen atoms in total. The van der Waals surface area contributed by atoms with Crippen molar-refractivity contribution in [1.82, 2.24) is 4.57 Å². The number of rotatable bonds is 13. The van der Waals surface area contributed by atoms with Crippen molar-refractivity contribution >= 4 is 8.24 Å². The molecule has 0 rings (SSSR count). The number of hydrogen-bond donors (Lipinski definition) is 0. The Morgan fingerprint density at radius 2 is 1.32 bits per heavy atom. The summed E-state index contributed by atoms with van der Waals surface area (Å²) in [5, 5.41) is 0. The fraction of sp³-hybridized carbons (Fsp3) is 0.882. The molecule has 0 heterocycles. The molecule has 0 spiro atoms. The van der Waals surface area contributed by atoms with Crippen LogP contribution in [0.1, 0.15) is 72.6 Å². The topological polar surface area (TPSA) is 3.24 Å². The van der Waals surface area contributed by atoms with Gasteiger partial charge in [0.1, 0.15) is 0 Å². The highest BCUT2D eigenvalue weighted by Gasteiger charge is 2.34. The molecular formula is C17H37NSi. The van der Waals surface area contributed by atoms with Crippen LogP contribution in [0.4, 0.5) is 0 Å². The lowest BCUT2D eigenvalue weighted by atomic mass is 10.3. The molecule has 0 aliphatic carbocycles. The smallest absolute Gasteiger partial charge is 0.152 e. The zero-order chi connectivity index (χ0) is 14.6. The molecule has 0 aromatic rings. The van der Waals surface area contributed by atoms with Gasteiger partial charge in [0.2, 0.25) is 0 Å². The van der Waals surface area contributed by atoms with Crippen LogP contribution in [0.25, 0.3) is 0 Å². The Hall–Kier alpha value is -0.0831. The average Bonchev–Trinajstić information content (AvgIpc) is 2.44. The predicted octanol–water partition coefficient (Wildman–Crippen LogP) is 5.77. The second-order valence-corrected chi connectivity index (χ2v) is 10.1. The number of unbranched alkanes of at least 4 members (excludes halogenated alkanes) is 3. The Bertz CT molecular complexity index is 207. The van der Waals surface area contributed by atoms with E-state index in [1.165, 1.54) is 70.1 Å². The van der Waals surface area contributed by atoms with Crippen LogP contribution in [0, 0.1) is 0 Å². The monoisotopic (exact) mass is 283 g/mol. The van der Waals surface area contributed by atoms with Gasteiger partial charge in [-0.05, 0) is 38.0 Å². The summed E-state index contributed by atoms with van der Waals surface area (Å²) in [4.78, 5) is 0. The van der Waals surface area contributed by atoms with E-state index in [0.29, 0.717) is 0 Å². The van der Waals surface area contributed by atoms with Gasteiger partial charge < -0.3 is 4.57 Å². The lowest BCUT2D eigenvalue weighted by Crippen LogP contribution is -2.53. The van der Waals surface area contributed by atoms with Gasteiger partial charge in [0, 0.05) is 0 Å².